The number of likely N-dealkylation sites (tertiary alicyclic amines) is 2. The van der Waals surface area contributed by atoms with E-state index in [2.05, 4.69) is 22.1 Å². The molecule has 27 heavy (non-hydrogen) atoms. The highest BCUT2D eigenvalue weighted by molar-refractivity contribution is 14.0. The van der Waals surface area contributed by atoms with Crippen LogP contribution >= 0.6 is 24.0 Å². The summed E-state index contributed by atoms with van der Waals surface area (Å²) in [5, 5.41) is 3.22. The normalized spacial score (nSPS) is 24.4. The van der Waals surface area contributed by atoms with E-state index < -0.39 is 5.60 Å². The van der Waals surface area contributed by atoms with Crippen molar-refractivity contribution in [2.75, 3.05) is 32.7 Å². The number of nitrogens with one attached hydrogen (secondary N) is 1. The Morgan fingerprint density at radius 2 is 1.89 bits per heavy atom. The first-order valence-electron chi connectivity index (χ1n) is 10.1. The first kappa shape index (κ1) is 24.3. The van der Waals surface area contributed by atoms with Gasteiger partial charge in [-0.15, -0.1) is 24.0 Å². The number of likely N-dealkylation sites (N-methyl/N-ethyl adjacent to an activating group) is 1. The zero-order chi connectivity index (χ0) is 19.2. The number of amides is 1. The predicted octanol–water partition coefficient (Wildman–Crippen LogP) is 2.78. The predicted molar refractivity (Wildman–Crippen MR) is 121 cm³/mol. The van der Waals surface area contributed by atoms with Crippen LogP contribution in [0.1, 0.15) is 59.8 Å². The molecule has 2 saturated heterocycles. The van der Waals surface area contributed by atoms with E-state index >= 15 is 0 Å². The minimum absolute atomic E-state index is 0. The molecule has 0 spiro atoms. The molecule has 0 bridgehead atoms. The van der Waals surface area contributed by atoms with Gasteiger partial charge in [0.05, 0.1) is 12.6 Å². The minimum Gasteiger partial charge on any atom is -0.444 e. The van der Waals surface area contributed by atoms with Crippen molar-refractivity contribution >= 4 is 36.0 Å². The Kier molecular flexibility index (Phi) is 10.1. The molecule has 2 rings (SSSR count). The van der Waals surface area contributed by atoms with E-state index in [0.717, 1.165) is 45.4 Å². The number of halogens is 1. The highest BCUT2D eigenvalue weighted by Crippen LogP contribution is 2.20. The fraction of sp³-hybridized carbons (Fsp3) is 0.895. The monoisotopic (exact) mass is 495 g/mol. The average Bonchev–Trinajstić information content (AvgIpc) is 3.04. The number of rotatable bonds is 5. The van der Waals surface area contributed by atoms with Crippen molar-refractivity contribution in [2.45, 2.75) is 77.5 Å². The maximum atomic E-state index is 12.4. The van der Waals surface area contributed by atoms with Gasteiger partial charge in [-0.1, -0.05) is 6.92 Å². The summed E-state index contributed by atoms with van der Waals surface area (Å²) >= 11 is 0. The largest absolute Gasteiger partial charge is 0.444 e. The van der Waals surface area contributed by atoms with Crippen molar-refractivity contribution in [1.29, 1.82) is 0 Å². The van der Waals surface area contributed by atoms with Crippen LogP contribution in [0.15, 0.2) is 4.99 Å². The van der Waals surface area contributed by atoms with E-state index in [4.69, 9.17) is 10.5 Å². The molecule has 2 fully saturated rings. The fourth-order valence-electron chi connectivity index (χ4n) is 3.77. The zero-order valence-corrected chi connectivity index (χ0v) is 19.7. The van der Waals surface area contributed by atoms with Gasteiger partial charge in [0.25, 0.3) is 0 Å². The summed E-state index contributed by atoms with van der Waals surface area (Å²) in [5.41, 5.74) is 5.59. The second-order valence-corrected chi connectivity index (χ2v) is 8.35. The van der Waals surface area contributed by atoms with Crippen molar-refractivity contribution in [3.63, 3.8) is 0 Å². The molecule has 2 aliphatic rings. The summed E-state index contributed by atoms with van der Waals surface area (Å²) in [5.74, 6) is 0.475. The van der Waals surface area contributed by atoms with Gasteiger partial charge in [0.2, 0.25) is 0 Å². The van der Waals surface area contributed by atoms with Gasteiger partial charge in [-0.3, -0.25) is 9.89 Å². The van der Waals surface area contributed by atoms with Crippen LogP contribution in [0, 0.1) is 0 Å². The first-order valence-corrected chi connectivity index (χ1v) is 10.1. The van der Waals surface area contributed by atoms with E-state index in [0.29, 0.717) is 18.5 Å². The zero-order valence-electron chi connectivity index (χ0n) is 17.4. The van der Waals surface area contributed by atoms with Gasteiger partial charge in [0.15, 0.2) is 5.96 Å². The molecule has 2 aliphatic heterocycles. The number of carbonyl (C=O) groups is 1. The third-order valence-electron chi connectivity index (χ3n) is 5.15. The Hall–Kier alpha value is -0.770. The lowest BCUT2D eigenvalue weighted by atomic mass is 10.0. The SMILES string of the molecule is CCN1CCCC1CN=C(N)NCC1CCCCN1C(=O)OC(C)(C)C.I. The van der Waals surface area contributed by atoms with Crippen LogP contribution in [0.3, 0.4) is 0 Å². The molecule has 0 aromatic rings. The second kappa shape index (κ2) is 11.3. The third-order valence-corrected chi connectivity index (χ3v) is 5.15. The average molecular weight is 495 g/mol. The van der Waals surface area contributed by atoms with Crippen LogP contribution in [0.25, 0.3) is 0 Å². The van der Waals surface area contributed by atoms with Gasteiger partial charge in [-0.2, -0.15) is 0 Å². The molecule has 0 aliphatic carbocycles. The molecule has 8 heteroatoms. The van der Waals surface area contributed by atoms with Crippen LogP contribution in [0.5, 0.6) is 0 Å². The van der Waals surface area contributed by atoms with Gasteiger partial charge in [-0.05, 0) is 66.0 Å². The third kappa shape index (κ3) is 8.01. The molecule has 158 valence electrons. The molecule has 0 radical (unpaired) electrons. The topological polar surface area (TPSA) is 83.2 Å². The van der Waals surface area contributed by atoms with Gasteiger partial charge in [-0.25, -0.2) is 4.79 Å². The molecule has 0 saturated carbocycles. The van der Waals surface area contributed by atoms with E-state index in [9.17, 15) is 4.79 Å². The summed E-state index contributed by atoms with van der Waals surface area (Å²) in [6.45, 7) is 12.2. The number of ether oxygens (including phenoxy) is 1. The molecule has 2 atom stereocenters. The lowest BCUT2D eigenvalue weighted by Gasteiger charge is -2.36. The Morgan fingerprint density at radius 3 is 2.56 bits per heavy atom. The molecular weight excluding hydrogens is 457 g/mol. The number of hydrogen-bond acceptors (Lipinski definition) is 4. The second-order valence-electron chi connectivity index (χ2n) is 8.35. The molecule has 7 nitrogen and oxygen atoms in total. The Bertz CT molecular complexity index is 495. The summed E-state index contributed by atoms with van der Waals surface area (Å²) in [4.78, 5) is 21.3. The smallest absolute Gasteiger partial charge is 0.410 e. The fourth-order valence-corrected chi connectivity index (χ4v) is 3.77. The molecule has 2 unspecified atom stereocenters. The van der Waals surface area contributed by atoms with Crippen molar-refractivity contribution in [2.24, 2.45) is 10.7 Å². The Balaban J connectivity index is 0.00000364. The molecule has 1 amide bonds. The highest BCUT2D eigenvalue weighted by Gasteiger charge is 2.30. The van der Waals surface area contributed by atoms with Crippen LogP contribution < -0.4 is 11.1 Å². The summed E-state index contributed by atoms with van der Waals surface area (Å²) in [7, 11) is 0. The van der Waals surface area contributed by atoms with Gasteiger partial charge >= 0.3 is 6.09 Å². The van der Waals surface area contributed by atoms with E-state index in [1.807, 2.05) is 25.7 Å². The molecule has 0 aromatic carbocycles. The van der Waals surface area contributed by atoms with E-state index in [1.165, 1.54) is 12.8 Å². The van der Waals surface area contributed by atoms with Crippen molar-refractivity contribution in [1.82, 2.24) is 15.1 Å². The molecule has 2 heterocycles. The van der Waals surface area contributed by atoms with Crippen LogP contribution in [-0.4, -0.2) is 72.3 Å². The number of aliphatic imine (C=N–C) groups is 1. The minimum atomic E-state index is -0.473. The van der Waals surface area contributed by atoms with E-state index in [1.54, 1.807) is 0 Å². The van der Waals surface area contributed by atoms with Crippen LogP contribution in [0.2, 0.25) is 0 Å². The van der Waals surface area contributed by atoms with Crippen molar-refractivity contribution < 1.29 is 9.53 Å². The number of nitrogens with two attached hydrogens (primary N) is 1. The van der Waals surface area contributed by atoms with E-state index in [-0.39, 0.29) is 36.1 Å². The van der Waals surface area contributed by atoms with Gasteiger partial charge in [0.1, 0.15) is 5.60 Å². The lowest BCUT2D eigenvalue weighted by molar-refractivity contribution is 0.0104. The van der Waals surface area contributed by atoms with Crippen LogP contribution in [0.4, 0.5) is 4.79 Å². The lowest BCUT2D eigenvalue weighted by Crippen LogP contribution is -2.51. The molecule has 0 aromatic heterocycles. The standard InChI is InChI=1S/C19H37N5O2.HI/c1-5-23-11-8-10-15(23)13-21-17(20)22-14-16-9-6-7-12-24(16)18(25)26-19(2,3)4;/h15-16H,5-14H2,1-4H3,(H3,20,21,22);1H. The maximum absolute atomic E-state index is 12.4. The maximum Gasteiger partial charge on any atom is 0.410 e. The Labute approximate surface area is 181 Å². The quantitative estimate of drug-likeness (QED) is 0.348. The number of nitrogens with zero attached hydrogens (tertiary/aromatic N) is 3. The highest BCUT2D eigenvalue weighted by atomic mass is 127. The Morgan fingerprint density at radius 1 is 1.19 bits per heavy atom. The summed E-state index contributed by atoms with van der Waals surface area (Å²) in [6, 6.07) is 0.610. The van der Waals surface area contributed by atoms with Crippen molar-refractivity contribution in [3.8, 4) is 0 Å². The molecule has 3 N–H and O–H groups in total. The molecular formula is C19H38IN5O2. The first-order chi connectivity index (χ1) is 12.3. The van der Waals surface area contributed by atoms with Crippen molar-refractivity contribution in [3.05, 3.63) is 0 Å². The number of carbonyl (C=O) groups excluding carboxylic acids is 1. The number of piperidine rings is 1. The summed E-state index contributed by atoms with van der Waals surface area (Å²) < 4.78 is 5.55. The van der Waals surface area contributed by atoms with Crippen LogP contribution in [-0.2, 0) is 4.74 Å². The number of guanidine groups is 1. The summed E-state index contributed by atoms with van der Waals surface area (Å²) in [6.07, 6.45) is 5.31. The number of hydrogen-bond donors (Lipinski definition) is 2. The van der Waals surface area contributed by atoms with Gasteiger partial charge < -0.3 is 20.7 Å². The van der Waals surface area contributed by atoms with Gasteiger partial charge in [0, 0.05) is 19.1 Å².